The summed E-state index contributed by atoms with van der Waals surface area (Å²) in [5, 5.41) is 15.2. The molecule has 0 amide bonds. The third kappa shape index (κ3) is 5.49. The average Bonchev–Trinajstić information content (AvgIpc) is 3.07. The summed E-state index contributed by atoms with van der Waals surface area (Å²) < 4.78 is 0. The Labute approximate surface area is 210 Å². The third-order valence-corrected chi connectivity index (χ3v) is 7.85. The van der Waals surface area contributed by atoms with E-state index in [-0.39, 0.29) is 5.75 Å². The van der Waals surface area contributed by atoms with Gasteiger partial charge in [0, 0.05) is 35.5 Å². The molecule has 6 heteroatoms. The summed E-state index contributed by atoms with van der Waals surface area (Å²) in [6.45, 7) is 3.12. The number of benzene rings is 3. The van der Waals surface area contributed by atoms with Crippen LogP contribution in [0.2, 0.25) is 5.02 Å². The molecule has 34 heavy (non-hydrogen) atoms. The van der Waals surface area contributed by atoms with Crippen molar-refractivity contribution in [2.45, 2.75) is 41.6 Å². The van der Waals surface area contributed by atoms with E-state index in [1.54, 1.807) is 23.9 Å². The van der Waals surface area contributed by atoms with Crippen molar-refractivity contribution in [3.8, 4) is 5.75 Å². The molecule has 5 rings (SSSR count). The molecule has 1 saturated heterocycles. The first kappa shape index (κ1) is 23.0. The maximum absolute atomic E-state index is 10.0. The van der Waals surface area contributed by atoms with Gasteiger partial charge < -0.3 is 10.4 Å². The van der Waals surface area contributed by atoms with Crippen LogP contribution in [-0.4, -0.2) is 34.1 Å². The Bertz CT molecular complexity index is 1250. The highest BCUT2D eigenvalue weighted by Crippen LogP contribution is 2.42. The summed E-state index contributed by atoms with van der Waals surface area (Å²) in [5.74, 6) is 0.981. The van der Waals surface area contributed by atoms with E-state index in [0.717, 1.165) is 59.9 Å². The molecule has 4 aromatic rings. The number of fused-ring (bicyclic) bond motifs is 1. The molecule has 1 aliphatic rings. The van der Waals surface area contributed by atoms with Gasteiger partial charge in [-0.15, -0.1) is 0 Å². The van der Waals surface area contributed by atoms with Gasteiger partial charge in [-0.3, -0.25) is 4.90 Å². The van der Waals surface area contributed by atoms with Crippen molar-refractivity contribution in [2.75, 3.05) is 18.4 Å². The number of likely N-dealkylation sites (tertiary alicyclic amines) is 1. The van der Waals surface area contributed by atoms with Crippen molar-refractivity contribution in [1.82, 2.24) is 9.88 Å². The molecule has 174 valence electrons. The van der Waals surface area contributed by atoms with Crippen LogP contribution in [0.25, 0.3) is 10.9 Å². The first-order chi connectivity index (χ1) is 16.7. The van der Waals surface area contributed by atoms with Crippen LogP contribution in [0.1, 0.15) is 24.8 Å². The smallest absolute Gasteiger partial charge is 0.142 e. The van der Waals surface area contributed by atoms with Gasteiger partial charge >= 0.3 is 0 Å². The van der Waals surface area contributed by atoms with Crippen LogP contribution in [0.5, 0.6) is 5.75 Å². The normalized spacial score (nSPS) is 16.9. The van der Waals surface area contributed by atoms with Gasteiger partial charge in [-0.1, -0.05) is 71.9 Å². The molecule has 0 spiro atoms. The van der Waals surface area contributed by atoms with Crippen LogP contribution in [0.15, 0.2) is 88.7 Å². The lowest BCUT2D eigenvalue weighted by Gasteiger charge is -2.22. The Morgan fingerprint density at radius 3 is 2.53 bits per heavy atom. The van der Waals surface area contributed by atoms with E-state index in [4.69, 9.17) is 16.6 Å². The number of hydrogen-bond acceptors (Lipinski definition) is 5. The van der Waals surface area contributed by atoms with Crippen molar-refractivity contribution in [3.63, 3.8) is 0 Å². The van der Waals surface area contributed by atoms with Crippen LogP contribution in [-0.2, 0) is 6.54 Å². The lowest BCUT2D eigenvalue weighted by Crippen LogP contribution is -2.26. The van der Waals surface area contributed by atoms with Gasteiger partial charge in [-0.2, -0.15) is 0 Å². The second-order valence-electron chi connectivity index (χ2n) is 8.75. The number of phenolic OH excluding ortho intramolecular Hbond substituents is 1. The number of aromatic nitrogens is 1. The molecule has 3 aromatic carbocycles. The van der Waals surface area contributed by atoms with Crippen LogP contribution >= 0.6 is 23.4 Å². The molecule has 4 nitrogen and oxygen atoms in total. The number of phenols is 1. The van der Waals surface area contributed by atoms with Crippen LogP contribution < -0.4 is 5.32 Å². The second-order valence-corrected chi connectivity index (χ2v) is 10.2. The predicted octanol–water partition coefficient (Wildman–Crippen LogP) is 7.21. The average molecular weight is 490 g/mol. The van der Waals surface area contributed by atoms with E-state index >= 15 is 0 Å². The summed E-state index contributed by atoms with van der Waals surface area (Å²) in [5.41, 5.74) is 2.06. The van der Waals surface area contributed by atoms with Crippen LogP contribution in [0.4, 0.5) is 5.82 Å². The molecule has 0 saturated carbocycles. The number of anilines is 1. The summed E-state index contributed by atoms with van der Waals surface area (Å²) in [6.07, 6.45) is 3.26. The first-order valence-electron chi connectivity index (χ1n) is 11.7. The third-order valence-electron chi connectivity index (χ3n) is 6.24. The molecule has 0 radical (unpaired) electrons. The molecule has 1 aliphatic heterocycles. The molecule has 2 N–H and O–H groups in total. The Balaban J connectivity index is 1.39. The van der Waals surface area contributed by atoms with E-state index < -0.39 is 0 Å². The van der Waals surface area contributed by atoms with Crippen molar-refractivity contribution in [1.29, 1.82) is 0 Å². The maximum atomic E-state index is 10.0. The zero-order valence-corrected chi connectivity index (χ0v) is 20.5. The lowest BCUT2D eigenvalue weighted by molar-refractivity contribution is 0.276. The molecule has 0 bridgehead atoms. The number of nitrogens with zero attached hydrogens (tertiary/aromatic N) is 2. The molecular weight excluding hydrogens is 462 g/mol. The SMILES string of the molecule is Oc1ccc2c(Cl)c(Sc3ccccc3)c(NC3CCCN(Cc4ccccc4)CC3)nc2c1. The van der Waals surface area contributed by atoms with Gasteiger partial charge in [0.15, 0.2) is 0 Å². The number of nitrogens with one attached hydrogen (secondary N) is 1. The van der Waals surface area contributed by atoms with E-state index in [1.165, 1.54) is 5.56 Å². The zero-order valence-electron chi connectivity index (χ0n) is 19.0. The zero-order chi connectivity index (χ0) is 23.3. The van der Waals surface area contributed by atoms with Crippen molar-refractivity contribution in [3.05, 3.63) is 89.4 Å². The summed E-state index contributed by atoms with van der Waals surface area (Å²) >= 11 is 8.55. The molecule has 1 unspecified atom stereocenters. The van der Waals surface area contributed by atoms with E-state index in [9.17, 15) is 5.11 Å². The standard InChI is InChI=1S/C28H28ClN3OS/c29-26-24-14-13-22(33)18-25(24)31-28(27(26)34-23-11-5-2-6-12-23)30-21-10-7-16-32(17-15-21)19-20-8-3-1-4-9-20/h1-6,8-9,11-14,18,21,33H,7,10,15-17,19H2,(H,30,31). The highest BCUT2D eigenvalue weighted by molar-refractivity contribution is 7.99. The molecular formula is C28H28ClN3OS. The number of pyridine rings is 1. The van der Waals surface area contributed by atoms with Crippen molar-refractivity contribution in [2.24, 2.45) is 0 Å². The van der Waals surface area contributed by atoms with Gasteiger partial charge in [-0.25, -0.2) is 4.98 Å². The minimum Gasteiger partial charge on any atom is -0.508 e. The van der Waals surface area contributed by atoms with Crippen LogP contribution in [0.3, 0.4) is 0 Å². The lowest BCUT2D eigenvalue weighted by atomic mass is 10.1. The monoisotopic (exact) mass is 489 g/mol. The fourth-order valence-corrected chi connectivity index (χ4v) is 5.78. The van der Waals surface area contributed by atoms with E-state index in [2.05, 4.69) is 52.7 Å². The highest BCUT2D eigenvalue weighted by Gasteiger charge is 2.21. The van der Waals surface area contributed by atoms with Crippen molar-refractivity contribution < 1.29 is 5.11 Å². The maximum Gasteiger partial charge on any atom is 0.142 e. The molecule has 0 aliphatic carbocycles. The number of hydrogen-bond donors (Lipinski definition) is 2. The Morgan fingerprint density at radius 1 is 0.971 bits per heavy atom. The Kier molecular flexibility index (Phi) is 7.24. The van der Waals surface area contributed by atoms with Gasteiger partial charge in [0.2, 0.25) is 0 Å². The van der Waals surface area contributed by atoms with Gasteiger partial charge in [0.05, 0.1) is 15.4 Å². The topological polar surface area (TPSA) is 48.4 Å². The first-order valence-corrected chi connectivity index (χ1v) is 12.9. The van der Waals surface area contributed by atoms with Crippen molar-refractivity contribution >= 4 is 40.1 Å². The quantitative estimate of drug-likeness (QED) is 0.299. The fraction of sp³-hybridized carbons (Fsp3) is 0.250. The molecule has 1 atom stereocenters. The largest absolute Gasteiger partial charge is 0.508 e. The number of aromatic hydroxyl groups is 1. The molecule has 1 aromatic heterocycles. The minimum absolute atomic E-state index is 0.191. The number of halogens is 1. The summed E-state index contributed by atoms with van der Waals surface area (Å²) in [7, 11) is 0. The van der Waals surface area contributed by atoms with Crippen LogP contribution in [0, 0.1) is 0 Å². The highest BCUT2D eigenvalue weighted by atomic mass is 35.5. The summed E-state index contributed by atoms with van der Waals surface area (Å²) in [4.78, 5) is 9.49. The number of rotatable bonds is 6. The van der Waals surface area contributed by atoms with Gasteiger partial charge in [-0.05, 0) is 55.6 Å². The minimum atomic E-state index is 0.191. The fourth-order valence-electron chi connectivity index (χ4n) is 4.49. The Hall–Kier alpha value is -2.73. The van der Waals surface area contributed by atoms with Gasteiger partial charge in [0.25, 0.3) is 0 Å². The Morgan fingerprint density at radius 2 is 1.74 bits per heavy atom. The van der Waals surface area contributed by atoms with Gasteiger partial charge in [0.1, 0.15) is 11.6 Å². The second kappa shape index (κ2) is 10.7. The summed E-state index contributed by atoms with van der Waals surface area (Å²) in [6, 6.07) is 26.4. The van der Waals surface area contributed by atoms with E-state index in [1.807, 2.05) is 24.3 Å². The van der Waals surface area contributed by atoms with E-state index in [0.29, 0.717) is 16.6 Å². The molecule has 2 heterocycles. The predicted molar refractivity (Wildman–Crippen MR) is 142 cm³/mol. The molecule has 1 fully saturated rings.